The summed E-state index contributed by atoms with van der Waals surface area (Å²) in [6, 6.07) is 9.61. The molecule has 3 rings (SSSR count). The van der Waals surface area contributed by atoms with Crippen molar-refractivity contribution >= 4 is 32.0 Å². The molecule has 0 aliphatic carbocycles. The van der Waals surface area contributed by atoms with Crippen molar-refractivity contribution in [3.05, 3.63) is 35.9 Å². The van der Waals surface area contributed by atoms with Crippen LogP contribution in [0.5, 0.6) is 0 Å². The number of benzene rings is 2. The second-order valence-electron chi connectivity index (χ2n) is 4.20. The van der Waals surface area contributed by atoms with Crippen LogP contribution in [-0.4, -0.2) is 21.8 Å². The molecule has 2 aromatic rings. The molecule has 1 heterocycles. The van der Waals surface area contributed by atoms with Gasteiger partial charge in [-0.05, 0) is 35.4 Å². The van der Waals surface area contributed by atoms with Crippen LogP contribution in [0, 0.1) is 0 Å². The maximum absolute atomic E-state index is 12.3. The number of hydrogen-bond donors (Lipinski definition) is 2. The number of hydrogen-bond acceptors (Lipinski definition) is 2. The molecule has 0 saturated carbocycles. The highest BCUT2D eigenvalue weighted by Gasteiger charge is 2.23. The van der Waals surface area contributed by atoms with Gasteiger partial charge >= 0.3 is 0 Å². The van der Waals surface area contributed by atoms with E-state index >= 15 is 0 Å². The lowest BCUT2D eigenvalue weighted by atomic mass is 10.0. The molecule has 2 aromatic carbocycles. The number of rotatable bonds is 2. The minimum Gasteiger partial charge on any atom is -0.396 e. The highest BCUT2D eigenvalue weighted by molar-refractivity contribution is 8.02. The van der Waals surface area contributed by atoms with E-state index in [9.17, 15) is 4.21 Å². The Morgan fingerprint density at radius 3 is 2.88 bits per heavy atom. The third-order valence-corrected chi connectivity index (χ3v) is 4.70. The van der Waals surface area contributed by atoms with Gasteiger partial charge < -0.3 is 9.83 Å². The maximum Gasteiger partial charge on any atom is 0.0745 e. The summed E-state index contributed by atoms with van der Waals surface area (Å²) >= 11 is 0. The topological polar surface area (TPSA) is 49.3 Å². The zero-order valence-corrected chi connectivity index (χ0v) is 10.1. The van der Waals surface area contributed by atoms with Crippen molar-refractivity contribution in [1.29, 1.82) is 0 Å². The molecule has 4 heteroatoms. The van der Waals surface area contributed by atoms with E-state index in [2.05, 4.69) is 10.6 Å². The highest BCUT2D eigenvalue weighted by Crippen LogP contribution is 2.38. The van der Waals surface area contributed by atoms with E-state index in [0.29, 0.717) is 6.42 Å². The Morgan fingerprint density at radius 2 is 2.12 bits per heavy atom. The normalized spacial score (nSPS) is 21.7. The first kappa shape index (κ1) is 10.6. The first-order chi connectivity index (χ1) is 8.13. The second-order valence-corrected chi connectivity index (χ2v) is 6.20. The molecule has 0 fully saturated rings. The fraction of sp³-hybridized carbons (Fsp3) is 0.154. The van der Waals surface area contributed by atoms with Gasteiger partial charge in [0.05, 0.1) is 20.3 Å². The molecule has 0 amide bonds. The van der Waals surface area contributed by atoms with E-state index in [1.54, 1.807) is 0 Å². The summed E-state index contributed by atoms with van der Waals surface area (Å²) in [5, 5.41) is 11.1. The molecular formula is C13H13NO2S. The smallest absolute Gasteiger partial charge is 0.0745 e. The Hall–Kier alpha value is -1.52. The van der Waals surface area contributed by atoms with Crippen molar-refractivity contribution in [2.45, 2.75) is 11.3 Å². The fourth-order valence-electron chi connectivity index (χ4n) is 2.37. The Kier molecular flexibility index (Phi) is 2.18. The van der Waals surface area contributed by atoms with E-state index < -0.39 is 9.71 Å². The monoisotopic (exact) mass is 247 g/mol. The largest absolute Gasteiger partial charge is 0.396 e. The molecule has 1 aliphatic heterocycles. The van der Waals surface area contributed by atoms with Gasteiger partial charge in [-0.25, -0.2) is 4.21 Å². The van der Waals surface area contributed by atoms with Gasteiger partial charge in [-0.2, -0.15) is 0 Å². The minimum atomic E-state index is -2.40. The summed E-state index contributed by atoms with van der Waals surface area (Å²) in [6.07, 6.45) is 0.610. The van der Waals surface area contributed by atoms with E-state index in [4.69, 9.17) is 5.11 Å². The van der Waals surface area contributed by atoms with Crippen LogP contribution >= 0.6 is 0 Å². The Morgan fingerprint density at radius 1 is 1.29 bits per heavy atom. The van der Waals surface area contributed by atoms with Crippen molar-refractivity contribution in [2.24, 2.45) is 0 Å². The predicted octanol–water partition coefficient (Wildman–Crippen LogP) is 1.79. The summed E-state index contributed by atoms with van der Waals surface area (Å²) in [6.45, 7) is 0.117. The van der Waals surface area contributed by atoms with Crippen molar-refractivity contribution < 1.29 is 9.32 Å². The molecule has 0 bridgehead atoms. The van der Waals surface area contributed by atoms with Gasteiger partial charge in [-0.1, -0.05) is 18.2 Å². The molecule has 88 valence electrons. The highest BCUT2D eigenvalue weighted by atomic mass is 32.2. The number of aliphatic hydroxyl groups is 1. The fourth-order valence-corrected chi connectivity index (χ4v) is 3.84. The zero-order chi connectivity index (χ0) is 12.0. The third-order valence-electron chi connectivity index (χ3n) is 3.10. The number of aliphatic hydroxyl groups excluding tert-OH is 1. The average Bonchev–Trinajstić information content (AvgIpc) is 2.55. The Labute approximate surface area is 100 Å². The molecule has 0 aromatic heterocycles. The van der Waals surface area contributed by atoms with Gasteiger partial charge in [0.2, 0.25) is 0 Å². The van der Waals surface area contributed by atoms with Gasteiger partial charge in [0, 0.05) is 12.0 Å². The van der Waals surface area contributed by atoms with Crippen LogP contribution in [-0.2, 0) is 16.1 Å². The number of nitrogens with one attached hydrogen (secondary N) is 1. The van der Waals surface area contributed by atoms with Crippen molar-refractivity contribution in [3.63, 3.8) is 0 Å². The van der Waals surface area contributed by atoms with Gasteiger partial charge in [-0.3, -0.25) is 0 Å². The van der Waals surface area contributed by atoms with Crippen LogP contribution in [0.15, 0.2) is 35.2 Å². The van der Waals surface area contributed by atoms with Crippen LogP contribution in [0.3, 0.4) is 0 Å². The van der Waals surface area contributed by atoms with Gasteiger partial charge in [0.15, 0.2) is 0 Å². The maximum atomic E-state index is 12.3. The van der Waals surface area contributed by atoms with E-state index in [0.717, 1.165) is 26.9 Å². The van der Waals surface area contributed by atoms with Gasteiger partial charge in [-0.15, -0.1) is 0 Å². The van der Waals surface area contributed by atoms with Crippen LogP contribution in [0.25, 0.3) is 10.8 Å². The lowest BCUT2D eigenvalue weighted by Gasteiger charge is -2.06. The second kappa shape index (κ2) is 3.48. The first-order valence-corrected chi connectivity index (χ1v) is 7.17. The minimum absolute atomic E-state index is 0.117. The summed E-state index contributed by atoms with van der Waals surface area (Å²) < 4.78 is 15.3. The lowest BCUT2D eigenvalue weighted by molar-refractivity contribution is 0.300. The molecule has 1 atom stereocenters. The van der Waals surface area contributed by atoms with Gasteiger partial charge in [0.25, 0.3) is 0 Å². The van der Waals surface area contributed by atoms with E-state index in [1.807, 2.05) is 30.3 Å². The quantitative estimate of drug-likeness (QED) is 0.795. The summed E-state index contributed by atoms with van der Waals surface area (Å²) in [5.74, 6) is 3.75. The molecule has 0 radical (unpaired) electrons. The van der Waals surface area contributed by atoms with Crippen molar-refractivity contribution in [3.8, 4) is 0 Å². The van der Waals surface area contributed by atoms with Gasteiger partial charge in [0.1, 0.15) is 0 Å². The molecule has 3 nitrogen and oxygen atoms in total. The SMILES string of the molecule is C=S1(=O)Nc2cccc3c(CCO)ccc1c23. The molecule has 1 aliphatic rings. The summed E-state index contributed by atoms with van der Waals surface area (Å²) in [7, 11) is -2.40. The van der Waals surface area contributed by atoms with Crippen LogP contribution in [0.2, 0.25) is 0 Å². The van der Waals surface area contributed by atoms with Crippen LogP contribution < -0.4 is 4.72 Å². The molecule has 0 saturated heterocycles. The predicted molar refractivity (Wildman–Crippen MR) is 71.9 cm³/mol. The van der Waals surface area contributed by atoms with E-state index in [-0.39, 0.29) is 6.61 Å². The molecule has 17 heavy (non-hydrogen) atoms. The van der Waals surface area contributed by atoms with Crippen molar-refractivity contribution in [1.82, 2.24) is 0 Å². The lowest BCUT2D eigenvalue weighted by Crippen LogP contribution is -2.05. The van der Waals surface area contributed by atoms with Crippen molar-refractivity contribution in [2.75, 3.05) is 11.3 Å². The number of anilines is 1. The molecule has 1 unspecified atom stereocenters. The zero-order valence-electron chi connectivity index (χ0n) is 9.27. The first-order valence-electron chi connectivity index (χ1n) is 5.44. The Balaban J connectivity index is 2.42. The summed E-state index contributed by atoms with van der Waals surface area (Å²) in [5.41, 5.74) is 1.95. The standard InChI is InChI=1S/C13H13NO2S/c1-17(16)12-6-5-9(7-8-15)10-3-2-4-11(14-17)13(10)12/h2-6,15H,1,7-8H2,(H,14,16). The summed E-state index contributed by atoms with van der Waals surface area (Å²) in [4.78, 5) is 0.768. The molecular weight excluding hydrogens is 234 g/mol. The molecule has 2 N–H and O–H groups in total. The third kappa shape index (κ3) is 1.45. The Bertz CT molecular complexity index is 705. The average molecular weight is 247 g/mol. The van der Waals surface area contributed by atoms with Crippen LogP contribution in [0.1, 0.15) is 5.56 Å². The molecule has 0 spiro atoms. The van der Waals surface area contributed by atoms with E-state index in [1.165, 1.54) is 0 Å². The van der Waals surface area contributed by atoms with Crippen LogP contribution in [0.4, 0.5) is 5.69 Å².